The number of piperazine rings is 1. The quantitative estimate of drug-likeness (QED) is 0.253. The fourth-order valence-electron chi connectivity index (χ4n) is 5.30. The van der Waals surface area contributed by atoms with Gasteiger partial charge in [-0.25, -0.2) is 22.8 Å². The van der Waals surface area contributed by atoms with Crippen LogP contribution in [0.1, 0.15) is 30.4 Å². The van der Waals surface area contributed by atoms with Crippen LogP contribution in [0.15, 0.2) is 60.0 Å². The number of nitrogens with zero attached hydrogens (tertiary/aromatic N) is 6. The number of halogens is 3. The number of carbonyl (C=O) groups excluding carboxylic acids is 3. The number of rotatable bonds is 11. The third-order valence-corrected chi connectivity index (χ3v) is 8.50. The number of benzene rings is 2. The van der Waals surface area contributed by atoms with E-state index < -0.39 is 29.0 Å². The number of carbonyl (C=O) groups is 3. The van der Waals surface area contributed by atoms with Crippen molar-refractivity contribution in [1.29, 1.82) is 0 Å². The van der Waals surface area contributed by atoms with E-state index in [-0.39, 0.29) is 47.7 Å². The summed E-state index contributed by atoms with van der Waals surface area (Å²) < 4.78 is 42.8. The number of amides is 3. The molecule has 232 valence electrons. The number of β-amino-alcohol motifs (C(OH)–C–C–N with tert-alkyl or cyclic N) is 1. The van der Waals surface area contributed by atoms with E-state index in [9.17, 15) is 32.7 Å². The molecule has 3 heterocycles. The minimum Gasteiger partial charge on any atom is -0.382 e. The lowest BCUT2D eigenvalue weighted by molar-refractivity contribution is -0.133. The number of imide groups is 1. The normalized spacial score (nSPS) is 18.3. The molecule has 10 nitrogen and oxygen atoms in total. The van der Waals surface area contributed by atoms with E-state index >= 15 is 0 Å². The summed E-state index contributed by atoms with van der Waals surface area (Å²) in [6.07, 6.45) is 5.46. The van der Waals surface area contributed by atoms with Gasteiger partial charge in [0, 0.05) is 57.3 Å². The summed E-state index contributed by atoms with van der Waals surface area (Å²) in [6.45, 7) is 1.81. The van der Waals surface area contributed by atoms with Gasteiger partial charge in [-0.3, -0.25) is 24.2 Å². The molecular formula is C30H31F3N6O4S. The Kier molecular flexibility index (Phi) is 9.81. The summed E-state index contributed by atoms with van der Waals surface area (Å²) >= 11 is 0.834. The van der Waals surface area contributed by atoms with Crippen LogP contribution in [0.5, 0.6) is 0 Å². The molecule has 1 atom stereocenters. The molecule has 3 aromatic rings. The Balaban J connectivity index is 1.09. The summed E-state index contributed by atoms with van der Waals surface area (Å²) in [5, 5.41) is 15.2. The van der Waals surface area contributed by atoms with E-state index in [0.717, 1.165) is 28.8 Å². The highest BCUT2D eigenvalue weighted by atomic mass is 32.2. The van der Waals surface area contributed by atoms with Crippen LogP contribution in [0, 0.1) is 17.5 Å². The van der Waals surface area contributed by atoms with Gasteiger partial charge in [0.05, 0.1) is 11.4 Å². The molecule has 1 unspecified atom stereocenters. The lowest BCUT2D eigenvalue weighted by atomic mass is 9.92. The van der Waals surface area contributed by atoms with E-state index in [1.165, 1.54) is 47.7 Å². The van der Waals surface area contributed by atoms with Gasteiger partial charge in [0.2, 0.25) is 5.91 Å². The summed E-state index contributed by atoms with van der Waals surface area (Å²) in [5.41, 5.74) is -1.17. The Morgan fingerprint density at radius 3 is 2.39 bits per heavy atom. The number of hydrogen-bond donors (Lipinski definition) is 1. The first kappa shape index (κ1) is 31.4. The second-order valence-corrected chi connectivity index (χ2v) is 11.7. The molecule has 2 saturated heterocycles. The zero-order valence-electron chi connectivity index (χ0n) is 23.7. The molecule has 0 spiro atoms. The third-order valence-electron chi connectivity index (χ3n) is 7.60. The molecule has 0 saturated carbocycles. The smallest absolute Gasteiger partial charge is 0.293 e. The topological polar surface area (TPSA) is 112 Å². The molecule has 2 fully saturated rings. The van der Waals surface area contributed by atoms with Crippen LogP contribution in [0.25, 0.3) is 6.08 Å². The Morgan fingerprint density at radius 2 is 1.70 bits per heavy atom. The average Bonchev–Trinajstić information content (AvgIpc) is 3.59. The fraction of sp³-hybridized carbons (Fsp3) is 0.367. The van der Waals surface area contributed by atoms with Crippen molar-refractivity contribution >= 4 is 34.9 Å². The lowest BCUT2D eigenvalue weighted by Gasteiger charge is -2.39. The second-order valence-electron chi connectivity index (χ2n) is 10.7. The Labute approximate surface area is 256 Å². The molecule has 3 amide bonds. The molecule has 0 aliphatic carbocycles. The van der Waals surface area contributed by atoms with Crippen LogP contribution in [-0.2, 0) is 21.7 Å². The van der Waals surface area contributed by atoms with Gasteiger partial charge in [0.25, 0.3) is 11.1 Å². The van der Waals surface area contributed by atoms with Crippen LogP contribution >= 0.6 is 11.8 Å². The van der Waals surface area contributed by atoms with Gasteiger partial charge < -0.3 is 10.0 Å². The van der Waals surface area contributed by atoms with Crippen LogP contribution in [-0.4, -0.2) is 90.9 Å². The molecule has 5 rings (SSSR count). The molecule has 1 aromatic heterocycles. The summed E-state index contributed by atoms with van der Waals surface area (Å²) in [4.78, 5) is 46.9. The first-order valence-electron chi connectivity index (χ1n) is 14.1. The number of aromatic nitrogens is 3. The van der Waals surface area contributed by atoms with Crippen LogP contribution < -0.4 is 0 Å². The van der Waals surface area contributed by atoms with Crippen LogP contribution in [0.2, 0.25) is 0 Å². The SMILES string of the molecule is O=C(CCCCN1C(=O)SC(=Cc2ccc(F)cc2)C1=O)N1CCN(CC(O)(Cn2cncn2)c2ccc(F)cc2F)CC1. The molecule has 2 aliphatic heterocycles. The van der Waals surface area contributed by atoms with Crippen molar-refractivity contribution in [2.75, 3.05) is 39.3 Å². The highest BCUT2D eigenvalue weighted by molar-refractivity contribution is 8.18. The van der Waals surface area contributed by atoms with Gasteiger partial charge in [0.15, 0.2) is 0 Å². The van der Waals surface area contributed by atoms with Crippen molar-refractivity contribution in [3.8, 4) is 0 Å². The molecule has 0 radical (unpaired) electrons. The summed E-state index contributed by atoms with van der Waals surface area (Å²) in [6, 6.07) is 8.67. The van der Waals surface area contributed by atoms with E-state index in [0.29, 0.717) is 44.6 Å². The van der Waals surface area contributed by atoms with E-state index in [1.807, 2.05) is 4.90 Å². The van der Waals surface area contributed by atoms with Gasteiger partial charge in [-0.1, -0.05) is 18.2 Å². The number of aliphatic hydroxyl groups is 1. The molecule has 14 heteroatoms. The average molecular weight is 629 g/mol. The maximum absolute atomic E-state index is 14.7. The Morgan fingerprint density at radius 1 is 0.977 bits per heavy atom. The van der Waals surface area contributed by atoms with Crippen LogP contribution in [0.3, 0.4) is 0 Å². The van der Waals surface area contributed by atoms with Gasteiger partial charge in [-0.15, -0.1) is 0 Å². The maximum Gasteiger partial charge on any atom is 0.293 e. The lowest BCUT2D eigenvalue weighted by Crippen LogP contribution is -2.53. The second kappa shape index (κ2) is 13.7. The highest BCUT2D eigenvalue weighted by Crippen LogP contribution is 2.32. The predicted octanol–water partition coefficient (Wildman–Crippen LogP) is 3.63. The van der Waals surface area contributed by atoms with E-state index in [2.05, 4.69) is 10.1 Å². The van der Waals surface area contributed by atoms with Crippen molar-refractivity contribution < 1.29 is 32.7 Å². The van der Waals surface area contributed by atoms with Gasteiger partial charge in [-0.05, 0) is 54.4 Å². The van der Waals surface area contributed by atoms with Crippen molar-refractivity contribution in [2.24, 2.45) is 0 Å². The van der Waals surface area contributed by atoms with Crippen molar-refractivity contribution in [3.63, 3.8) is 0 Å². The zero-order chi connectivity index (χ0) is 31.3. The minimum atomic E-state index is -1.73. The molecular weight excluding hydrogens is 597 g/mol. The Hall–Kier alpha value is -4.01. The number of hydrogen-bond acceptors (Lipinski definition) is 8. The zero-order valence-corrected chi connectivity index (χ0v) is 24.6. The third kappa shape index (κ3) is 7.55. The standard InChI is InChI=1S/C30H31F3N6O4S/c31-22-6-4-21(5-7-22)15-26-28(41)39(29(42)44-26)10-2-1-3-27(40)37-13-11-36(12-14-37)17-30(43,18-38-20-34-19-35-38)24-9-8-23(32)16-25(24)33/h4-9,15-16,19-20,43H,1-3,10-14,17-18H2. The fourth-order valence-corrected chi connectivity index (χ4v) is 6.17. The first-order valence-corrected chi connectivity index (χ1v) is 14.9. The first-order chi connectivity index (χ1) is 21.1. The summed E-state index contributed by atoms with van der Waals surface area (Å²) in [7, 11) is 0. The minimum absolute atomic E-state index is 0.0327. The molecule has 44 heavy (non-hydrogen) atoms. The molecule has 2 aromatic carbocycles. The van der Waals surface area contributed by atoms with Gasteiger partial charge >= 0.3 is 0 Å². The monoisotopic (exact) mass is 628 g/mol. The van der Waals surface area contributed by atoms with Gasteiger partial charge in [0.1, 0.15) is 35.7 Å². The maximum atomic E-state index is 14.7. The van der Waals surface area contributed by atoms with E-state index in [1.54, 1.807) is 11.0 Å². The van der Waals surface area contributed by atoms with Crippen molar-refractivity contribution in [3.05, 3.63) is 88.6 Å². The van der Waals surface area contributed by atoms with Crippen molar-refractivity contribution in [1.82, 2.24) is 29.5 Å². The largest absolute Gasteiger partial charge is 0.382 e. The summed E-state index contributed by atoms with van der Waals surface area (Å²) in [5.74, 6) is -2.47. The Bertz CT molecular complexity index is 1530. The number of unbranched alkanes of at least 4 members (excludes halogenated alkanes) is 1. The predicted molar refractivity (Wildman–Crippen MR) is 156 cm³/mol. The highest BCUT2D eigenvalue weighted by Gasteiger charge is 2.37. The van der Waals surface area contributed by atoms with Crippen molar-refractivity contribution in [2.45, 2.75) is 31.4 Å². The molecule has 0 bridgehead atoms. The molecule has 1 N–H and O–H groups in total. The van der Waals surface area contributed by atoms with E-state index in [4.69, 9.17) is 0 Å². The molecule has 2 aliphatic rings. The van der Waals surface area contributed by atoms with Gasteiger partial charge in [-0.2, -0.15) is 5.10 Å². The van der Waals surface area contributed by atoms with Crippen LogP contribution in [0.4, 0.5) is 18.0 Å². The number of thioether (sulfide) groups is 1.